The molecule has 0 aliphatic carbocycles. The molecule has 1 aromatic heterocycles. The van der Waals surface area contributed by atoms with E-state index in [0.29, 0.717) is 5.01 Å². The summed E-state index contributed by atoms with van der Waals surface area (Å²) in [6, 6.07) is 1.69. The summed E-state index contributed by atoms with van der Waals surface area (Å²) in [5, 5.41) is 17.9. The SMILES string of the molecule is CCC(C#N)S(=O)(=O)NCc1nc(C(=O)O)cs1. The van der Waals surface area contributed by atoms with Crippen molar-refractivity contribution in [1.29, 1.82) is 5.26 Å². The van der Waals surface area contributed by atoms with Crippen LogP contribution in [0.1, 0.15) is 28.8 Å². The molecule has 9 heteroatoms. The first kappa shape index (κ1) is 14.6. The molecule has 2 N–H and O–H groups in total. The molecule has 98 valence electrons. The second-order valence-corrected chi connectivity index (χ2v) is 6.21. The minimum atomic E-state index is -3.72. The van der Waals surface area contributed by atoms with Gasteiger partial charge >= 0.3 is 5.97 Å². The smallest absolute Gasteiger partial charge is 0.355 e. The average Bonchev–Trinajstić information content (AvgIpc) is 2.76. The fourth-order valence-corrected chi connectivity index (χ4v) is 3.05. The fourth-order valence-electron chi connectivity index (χ4n) is 1.13. The van der Waals surface area contributed by atoms with Gasteiger partial charge in [-0.2, -0.15) is 5.26 Å². The van der Waals surface area contributed by atoms with Crippen molar-refractivity contribution >= 4 is 27.3 Å². The highest BCUT2D eigenvalue weighted by atomic mass is 32.2. The van der Waals surface area contributed by atoms with Gasteiger partial charge in [-0.3, -0.25) is 0 Å². The van der Waals surface area contributed by atoms with Gasteiger partial charge in [-0.05, 0) is 6.42 Å². The van der Waals surface area contributed by atoms with Crippen LogP contribution in [0.25, 0.3) is 0 Å². The van der Waals surface area contributed by atoms with Gasteiger partial charge in [-0.15, -0.1) is 11.3 Å². The molecule has 0 aliphatic rings. The first-order chi connectivity index (χ1) is 8.40. The molecule has 0 bridgehead atoms. The molecule has 1 unspecified atom stereocenters. The molecule has 1 heterocycles. The lowest BCUT2D eigenvalue weighted by molar-refractivity contribution is 0.0691. The van der Waals surface area contributed by atoms with Crippen molar-refractivity contribution < 1.29 is 18.3 Å². The third kappa shape index (κ3) is 3.49. The van der Waals surface area contributed by atoms with Crippen LogP contribution in [0, 0.1) is 11.3 Å². The number of carboxylic acids is 1. The molecule has 0 saturated carbocycles. The summed E-state index contributed by atoms with van der Waals surface area (Å²) in [6.45, 7) is 1.48. The van der Waals surface area contributed by atoms with E-state index in [1.165, 1.54) is 5.38 Å². The molecule has 1 aromatic rings. The van der Waals surface area contributed by atoms with Crippen molar-refractivity contribution in [3.8, 4) is 6.07 Å². The lowest BCUT2D eigenvalue weighted by Crippen LogP contribution is -2.32. The lowest BCUT2D eigenvalue weighted by Gasteiger charge is -2.08. The summed E-state index contributed by atoms with van der Waals surface area (Å²) in [6.07, 6.45) is 0.185. The van der Waals surface area contributed by atoms with E-state index >= 15 is 0 Å². The standard InChI is InChI=1S/C9H11N3O4S2/c1-2-6(3-10)18(15,16)11-4-8-12-7(5-17-8)9(13)14/h5-6,11H,2,4H2,1H3,(H,13,14). The van der Waals surface area contributed by atoms with Crippen LogP contribution in [0.4, 0.5) is 0 Å². The molecule has 0 radical (unpaired) electrons. The molecule has 0 fully saturated rings. The van der Waals surface area contributed by atoms with E-state index < -0.39 is 21.2 Å². The zero-order valence-electron chi connectivity index (χ0n) is 9.45. The fraction of sp³-hybridized carbons (Fsp3) is 0.444. The van der Waals surface area contributed by atoms with E-state index in [4.69, 9.17) is 10.4 Å². The Morgan fingerprint density at radius 3 is 2.83 bits per heavy atom. The van der Waals surface area contributed by atoms with Gasteiger partial charge in [-0.1, -0.05) is 6.92 Å². The van der Waals surface area contributed by atoms with E-state index in [1.807, 2.05) is 0 Å². The summed E-state index contributed by atoms with van der Waals surface area (Å²) >= 11 is 1.04. The number of thiazole rings is 1. The minimum absolute atomic E-state index is 0.113. The zero-order valence-corrected chi connectivity index (χ0v) is 11.1. The molecule has 0 aliphatic heterocycles. The van der Waals surface area contributed by atoms with E-state index in [9.17, 15) is 13.2 Å². The number of carboxylic acid groups (broad SMARTS) is 1. The molecule has 0 saturated heterocycles. The van der Waals surface area contributed by atoms with E-state index in [-0.39, 0.29) is 18.7 Å². The van der Waals surface area contributed by atoms with Crippen molar-refractivity contribution in [2.75, 3.05) is 0 Å². The number of nitrogens with one attached hydrogen (secondary N) is 1. The van der Waals surface area contributed by atoms with Crippen LogP contribution >= 0.6 is 11.3 Å². The molecular formula is C9H11N3O4S2. The number of rotatable bonds is 6. The molecule has 0 amide bonds. The topological polar surface area (TPSA) is 120 Å². The van der Waals surface area contributed by atoms with Crippen molar-refractivity contribution in [2.45, 2.75) is 25.1 Å². The Kier molecular flexibility index (Phi) is 4.77. The average molecular weight is 289 g/mol. The Labute approximate surface area is 108 Å². The van der Waals surface area contributed by atoms with Crippen molar-refractivity contribution in [3.63, 3.8) is 0 Å². The summed E-state index contributed by atoms with van der Waals surface area (Å²) in [5.74, 6) is -1.16. The van der Waals surface area contributed by atoms with Crippen LogP contribution < -0.4 is 4.72 Å². The number of sulfonamides is 1. The first-order valence-corrected chi connectivity index (χ1v) is 7.39. The van der Waals surface area contributed by atoms with Gasteiger partial charge in [0, 0.05) is 5.38 Å². The third-order valence-electron chi connectivity index (χ3n) is 2.08. The summed E-state index contributed by atoms with van der Waals surface area (Å²) in [4.78, 5) is 14.3. The summed E-state index contributed by atoms with van der Waals surface area (Å²) < 4.78 is 25.5. The maximum atomic E-state index is 11.6. The van der Waals surface area contributed by atoms with Gasteiger partial charge in [0.2, 0.25) is 10.0 Å². The quantitative estimate of drug-likeness (QED) is 0.789. The Morgan fingerprint density at radius 1 is 1.72 bits per heavy atom. The number of hydrogen-bond acceptors (Lipinski definition) is 6. The van der Waals surface area contributed by atoms with Crippen molar-refractivity contribution in [3.05, 3.63) is 16.1 Å². The van der Waals surface area contributed by atoms with Gasteiger partial charge in [0.25, 0.3) is 0 Å². The van der Waals surface area contributed by atoms with E-state index in [0.717, 1.165) is 11.3 Å². The molecule has 7 nitrogen and oxygen atoms in total. The first-order valence-electron chi connectivity index (χ1n) is 4.96. The van der Waals surface area contributed by atoms with Gasteiger partial charge in [0.05, 0.1) is 12.6 Å². The van der Waals surface area contributed by atoms with E-state index in [2.05, 4.69) is 9.71 Å². The van der Waals surface area contributed by atoms with Crippen LogP contribution in [0.3, 0.4) is 0 Å². The van der Waals surface area contributed by atoms with Crippen LogP contribution in [0.2, 0.25) is 0 Å². The maximum absolute atomic E-state index is 11.6. The minimum Gasteiger partial charge on any atom is -0.476 e. The number of carbonyl (C=O) groups is 1. The Balaban J connectivity index is 2.70. The number of nitriles is 1. The highest BCUT2D eigenvalue weighted by Crippen LogP contribution is 2.11. The van der Waals surface area contributed by atoms with Gasteiger partial charge < -0.3 is 5.11 Å². The van der Waals surface area contributed by atoms with Crippen molar-refractivity contribution in [2.24, 2.45) is 0 Å². The van der Waals surface area contributed by atoms with Gasteiger partial charge in [0.1, 0.15) is 5.01 Å². The molecule has 1 rings (SSSR count). The number of aromatic carboxylic acids is 1. The highest BCUT2D eigenvalue weighted by molar-refractivity contribution is 7.90. The molecule has 1 atom stereocenters. The molecule has 18 heavy (non-hydrogen) atoms. The van der Waals surface area contributed by atoms with Crippen LogP contribution in [0.15, 0.2) is 5.38 Å². The second kappa shape index (κ2) is 5.90. The monoisotopic (exact) mass is 289 g/mol. The predicted molar refractivity (Wildman–Crippen MR) is 64.5 cm³/mol. The highest BCUT2D eigenvalue weighted by Gasteiger charge is 2.23. The van der Waals surface area contributed by atoms with Gasteiger partial charge in [-0.25, -0.2) is 22.9 Å². The van der Waals surface area contributed by atoms with Crippen molar-refractivity contribution in [1.82, 2.24) is 9.71 Å². The molecular weight excluding hydrogens is 278 g/mol. The van der Waals surface area contributed by atoms with E-state index in [1.54, 1.807) is 13.0 Å². The summed E-state index contributed by atoms with van der Waals surface area (Å²) in [5.41, 5.74) is -0.124. The largest absolute Gasteiger partial charge is 0.476 e. The van der Waals surface area contributed by atoms with Gasteiger partial charge in [0.15, 0.2) is 10.9 Å². The molecule has 0 spiro atoms. The maximum Gasteiger partial charge on any atom is 0.355 e. The van der Waals surface area contributed by atoms with Crippen LogP contribution in [-0.4, -0.2) is 29.7 Å². The normalized spacial score (nSPS) is 12.9. The Bertz CT molecular complexity index is 573. The molecule has 0 aromatic carbocycles. The van der Waals surface area contributed by atoms with Crippen LogP contribution in [0.5, 0.6) is 0 Å². The second-order valence-electron chi connectivity index (χ2n) is 3.32. The Hall–Kier alpha value is -1.50. The zero-order chi connectivity index (χ0) is 13.8. The summed E-state index contributed by atoms with van der Waals surface area (Å²) in [7, 11) is -3.72. The predicted octanol–water partition coefficient (Wildman–Crippen LogP) is 0.563. The lowest BCUT2D eigenvalue weighted by atomic mass is 10.4. The third-order valence-corrected chi connectivity index (χ3v) is 4.67. The number of nitrogens with zero attached hydrogens (tertiary/aromatic N) is 2. The Morgan fingerprint density at radius 2 is 2.39 bits per heavy atom. The number of hydrogen-bond donors (Lipinski definition) is 2. The van der Waals surface area contributed by atoms with Crippen LogP contribution in [-0.2, 0) is 16.6 Å². The number of aromatic nitrogens is 1.